The van der Waals surface area contributed by atoms with E-state index in [4.69, 9.17) is 0 Å². The molecule has 1 N–H and O–H groups in total. The third kappa shape index (κ3) is 2.74. The lowest BCUT2D eigenvalue weighted by atomic mass is 9.93. The average Bonchev–Trinajstić information content (AvgIpc) is 3.10. The zero-order valence-electron chi connectivity index (χ0n) is 11.6. The van der Waals surface area contributed by atoms with E-state index in [1.54, 1.807) is 23.1 Å². The SMILES string of the molecule is Cn1ccc(C(=O)N2CCCC(Cc3ccn[nH]3)C2)n1. The van der Waals surface area contributed by atoms with Gasteiger partial charge in [0.1, 0.15) is 5.69 Å². The van der Waals surface area contributed by atoms with Crippen LogP contribution >= 0.6 is 0 Å². The van der Waals surface area contributed by atoms with E-state index in [0.717, 1.165) is 38.0 Å². The number of aromatic nitrogens is 4. The third-order valence-electron chi connectivity index (χ3n) is 3.81. The standard InChI is InChI=1S/C14H19N5O/c1-18-8-5-13(17-18)14(20)19-7-2-3-11(10-19)9-12-4-6-15-16-12/h4-6,8,11H,2-3,7,9-10H2,1H3,(H,15,16). The number of nitrogens with one attached hydrogen (secondary N) is 1. The van der Waals surface area contributed by atoms with Gasteiger partial charge in [-0.1, -0.05) is 0 Å². The highest BCUT2D eigenvalue weighted by atomic mass is 16.2. The van der Waals surface area contributed by atoms with E-state index in [-0.39, 0.29) is 5.91 Å². The summed E-state index contributed by atoms with van der Waals surface area (Å²) in [6.07, 6.45) is 6.74. The summed E-state index contributed by atoms with van der Waals surface area (Å²) in [4.78, 5) is 14.3. The largest absolute Gasteiger partial charge is 0.337 e. The van der Waals surface area contributed by atoms with Crippen LogP contribution in [0.3, 0.4) is 0 Å². The molecule has 1 saturated heterocycles. The van der Waals surface area contributed by atoms with Gasteiger partial charge >= 0.3 is 0 Å². The highest BCUT2D eigenvalue weighted by molar-refractivity contribution is 5.92. The summed E-state index contributed by atoms with van der Waals surface area (Å²) in [6.45, 7) is 1.63. The van der Waals surface area contributed by atoms with Crippen LogP contribution in [0.5, 0.6) is 0 Å². The number of aromatic amines is 1. The molecular formula is C14H19N5O. The molecule has 3 heterocycles. The molecule has 2 aromatic rings. The van der Waals surface area contributed by atoms with Crippen molar-refractivity contribution in [2.75, 3.05) is 13.1 Å². The van der Waals surface area contributed by atoms with E-state index in [1.807, 2.05) is 18.0 Å². The summed E-state index contributed by atoms with van der Waals surface area (Å²) in [5.41, 5.74) is 1.68. The van der Waals surface area contributed by atoms with Crippen molar-refractivity contribution in [3.8, 4) is 0 Å². The predicted molar refractivity (Wildman–Crippen MR) is 74.1 cm³/mol. The fraction of sp³-hybridized carbons (Fsp3) is 0.500. The van der Waals surface area contributed by atoms with Crippen molar-refractivity contribution in [3.05, 3.63) is 35.9 Å². The Morgan fingerprint density at radius 1 is 1.50 bits per heavy atom. The quantitative estimate of drug-likeness (QED) is 0.915. The fourth-order valence-electron chi connectivity index (χ4n) is 2.82. The number of carbonyl (C=O) groups is 1. The summed E-state index contributed by atoms with van der Waals surface area (Å²) in [5, 5.41) is 11.2. The number of hydrogen-bond donors (Lipinski definition) is 1. The lowest BCUT2D eigenvalue weighted by molar-refractivity contribution is 0.0666. The Kier molecular flexibility index (Phi) is 3.54. The first-order valence-corrected chi connectivity index (χ1v) is 6.99. The Balaban J connectivity index is 1.64. The Bertz CT molecular complexity index is 574. The second-order valence-corrected chi connectivity index (χ2v) is 5.42. The molecule has 1 unspecified atom stereocenters. The van der Waals surface area contributed by atoms with Crippen molar-refractivity contribution < 1.29 is 4.79 Å². The molecule has 1 aliphatic rings. The highest BCUT2D eigenvalue weighted by Crippen LogP contribution is 2.21. The van der Waals surface area contributed by atoms with Gasteiger partial charge in [-0.15, -0.1) is 0 Å². The normalized spacial score (nSPS) is 19.2. The number of amides is 1. The van der Waals surface area contributed by atoms with Crippen LogP contribution in [0.4, 0.5) is 0 Å². The molecule has 0 aliphatic carbocycles. The number of piperidine rings is 1. The van der Waals surface area contributed by atoms with Crippen LogP contribution in [0.1, 0.15) is 29.0 Å². The minimum atomic E-state index is 0.0416. The predicted octanol–water partition coefficient (Wildman–Crippen LogP) is 1.24. The topological polar surface area (TPSA) is 66.8 Å². The molecule has 0 aromatic carbocycles. The van der Waals surface area contributed by atoms with E-state index in [1.165, 1.54) is 0 Å². The van der Waals surface area contributed by atoms with E-state index >= 15 is 0 Å². The second-order valence-electron chi connectivity index (χ2n) is 5.42. The first kappa shape index (κ1) is 12.9. The van der Waals surface area contributed by atoms with Crippen LogP contribution in [-0.4, -0.2) is 43.9 Å². The lowest BCUT2D eigenvalue weighted by Crippen LogP contribution is -2.40. The molecule has 6 heteroatoms. The number of aryl methyl sites for hydroxylation is 1. The van der Waals surface area contributed by atoms with Crippen LogP contribution in [-0.2, 0) is 13.5 Å². The van der Waals surface area contributed by atoms with Gasteiger partial charge in [0, 0.05) is 38.2 Å². The first-order chi connectivity index (χ1) is 9.72. The van der Waals surface area contributed by atoms with E-state index in [9.17, 15) is 4.79 Å². The molecular weight excluding hydrogens is 254 g/mol. The number of rotatable bonds is 3. The molecule has 0 saturated carbocycles. The van der Waals surface area contributed by atoms with Crippen molar-refractivity contribution >= 4 is 5.91 Å². The van der Waals surface area contributed by atoms with Crippen molar-refractivity contribution in [1.82, 2.24) is 24.9 Å². The summed E-state index contributed by atoms with van der Waals surface area (Å²) < 4.78 is 1.67. The lowest BCUT2D eigenvalue weighted by Gasteiger charge is -2.32. The maximum atomic E-state index is 12.4. The van der Waals surface area contributed by atoms with Crippen LogP contribution in [0.25, 0.3) is 0 Å². The Morgan fingerprint density at radius 2 is 2.40 bits per heavy atom. The summed E-state index contributed by atoms with van der Waals surface area (Å²) >= 11 is 0. The van der Waals surface area contributed by atoms with E-state index in [2.05, 4.69) is 15.3 Å². The van der Waals surface area contributed by atoms with Crippen molar-refractivity contribution in [3.63, 3.8) is 0 Å². The minimum absolute atomic E-state index is 0.0416. The average molecular weight is 273 g/mol. The molecule has 2 aromatic heterocycles. The summed E-state index contributed by atoms with van der Waals surface area (Å²) in [6, 6.07) is 3.78. The van der Waals surface area contributed by atoms with E-state index in [0.29, 0.717) is 11.6 Å². The molecule has 0 spiro atoms. The van der Waals surface area contributed by atoms with E-state index < -0.39 is 0 Å². The van der Waals surface area contributed by atoms with Crippen molar-refractivity contribution in [1.29, 1.82) is 0 Å². The van der Waals surface area contributed by atoms with Crippen LogP contribution in [0.2, 0.25) is 0 Å². The zero-order chi connectivity index (χ0) is 13.9. The Labute approximate surface area is 117 Å². The van der Waals surface area contributed by atoms with Gasteiger partial charge in [-0.05, 0) is 37.3 Å². The second kappa shape index (κ2) is 5.48. The number of likely N-dealkylation sites (tertiary alicyclic amines) is 1. The van der Waals surface area contributed by atoms with Crippen LogP contribution < -0.4 is 0 Å². The Hall–Kier alpha value is -2.11. The zero-order valence-corrected chi connectivity index (χ0v) is 11.6. The van der Waals surface area contributed by atoms with Crippen molar-refractivity contribution in [2.24, 2.45) is 13.0 Å². The monoisotopic (exact) mass is 273 g/mol. The van der Waals surface area contributed by atoms with Crippen LogP contribution in [0.15, 0.2) is 24.5 Å². The van der Waals surface area contributed by atoms with Crippen LogP contribution in [0, 0.1) is 5.92 Å². The van der Waals surface area contributed by atoms with Gasteiger partial charge in [-0.2, -0.15) is 10.2 Å². The first-order valence-electron chi connectivity index (χ1n) is 6.99. The molecule has 1 amide bonds. The van der Waals surface area contributed by atoms with Gasteiger partial charge in [0.2, 0.25) is 0 Å². The fourth-order valence-corrected chi connectivity index (χ4v) is 2.82. The van der Waals surface area contributed by atoms with Gasteiger partial charge < -0.3 is 4.90 Å². The summed E-state index contributed by atoms with van der Waals surface area (Å²) in [5.74, 6) is 0.539. The molecule has 0 bridgehead atoms. The van der Waals surface area contributed by atoms with Gasteiger partial charge in [-0.3, -0.25) is 14.6 Å². The third-order valence-corrected chi connectivity index (χ3v) is 3.81. The van der Waals surface area contributed by atoms with Gasteiger partial charge in [0.25, 0.3) is 5.91 Å². The molecule has 0 radical (unpaired) electrons. The maximum absolute atomic E-state index is 12.4. The number of hydrogen-bond acceptors (Lipinski definition) is 3. The van der Waals surface area contributed by atoms with Gasteiger partial charge in [0.15, 0.2) is 0 Å². The summed E-state index contributed by atoms with van der Waals surface area (Å²) in [7, 11) is 1.83. The van der Waals surface area contributed by atoms with Gasteiger partial charge in [0.05, 0.1) is 0 Å². The molecule has 1 fully saturated rings. The molecule has 1 aliphatic heterocycles. The molecule has 1 atom stereocenters. The maximum Gasteiger partial charge on any atom is 0.274 e. The highest BCUT2D eigenvalue weighted by Gasteiger charge is 2.25. The molecule has 6 nitrogen and oxygen atoms in total. The molecule has 106 valence electrons. The smallest absolute Gasteiger partial charge is 0.274 e. The van der Waals surface area contributed by atoms with Gasteiger partial charge in [-0.25, -0.2) is 0 Å². The number of carbonyl (C=O) groups excluding carboxylic acids is 1. The Morgan fingerprint density at radius 3 is 3.10 bits per heavy atom. The molecule has 3 rings (SSSR count). The molecule has 20 heavy (non-hydrogen) atoms. The minimum Gasteiger partial charge on any atom is -0.337 e. The number of nitrogens with zero attached hydrogens (tertiary/aromatic N) is 4. The number of H-pyrrole nitrogens is 1. The van der Waals surface area contributed by atoms with Crippen molar-refractivity contribution in [2.45, 2.75) is 19.3 Å².